The highest BCUT2D eigenvalue weighted by atomic mass is 16.5. The van der Waals surface area contributed by atoms with Gasteiger partial charge in [0, 0.05) is 11.1 Å². The normalized spacial score (nSPS) is 34.5. The van der Waals surface area contributed by atoms with Gasteiger partial charge in [0.05, 0.1) is 5.41 Å². The van der Waals surface area contributed by atoms with Crippen molar-refractivity contribution in [2.24, 2.45) is 33.5 Å². The maximum Gasteiger partial charge on any atom is 0.184 e. The van der Waals surface area contributed by atoms with Gasteiger partial charge >= 0.3 is 0 Å². The molecule has 5 unspecified atom stereocenters. The molecule has 3 fully saturated rings. The van der Waals surface area contributed by atoms with E-state index >= 15 is 9.59 Å². The number of ketones is 3. The Bertz CT molecular complexity index is 1400. The zero-order valence-electron chi connectivity index (χ0n) is 27.3. The number of carbonyl (C=O) groups is 3. The van der Waals surface area contributed by atoms with Gasteiger partial charge in [-0.15, -0.1) is 0 Å². The van der Waals surface area contributed by atoms with Crippen molar-refractivity contribution < 1.29 is 19.1 Å². The van der Waals surface area contributed by atoms with Gasteiger partial charge in [-0.2, -0.15) is 0 Å². The predicted molar refractivity (Wildman–Crippen MR) is 168 cm³/mol. The molecule has 0 aromatic heterocycles. The molecule has 4 heteroatoms. The minimum atomic E-state index is -1.80. The highest BCUT2D eigenvalue weighted by Gasteiger charge is 2.77. The van der Waals surface area contributed by atoms with E-state index in [9.17, 15) is 4.79 Å². The lowest BCUT2D eigenvalue weighted by Gasteiger charge is -2.65. The van der Waals surface area contributed by atoms with Crippen molar-refractivity contribution in [2.75, 3.05) is 0 Å². The zero-order valence-corrected chi connectivity index (χ0v) is 27.3. The molecule has 2 bridgehead atoms. The Hall–Kier alpha value is -2.75. The fraction of sp³-hybridized carbons (Fsp3) is 0.605. The van der Waals surface area contributed by atoms with Gasteiger partial charge in [-0.3, -0.25) is 14.4 Å². The second-order valence-corrected chi connectivity index (χ2v) is 15.8. The molecule has 226 valence electrons. The number of hydrogen-bond donors (Lipinski definition) is 0. The molecule has 5 atom stereocenters. The average Bonchev–Trinajstić information content (AvgIpc) is 2.89. The summed E-state index contributed by atoms with van der Waals surface area (Å²) in [6.45, 7) is 19.0. The van der Waals surface area contributed by atoms with Crippen molar-refractivity contribution in [2.45, 2.75) is 113 Å². The monoisotopic (exact) mass is 570 g/mol. The van der Waals surface area contributed by atoms with E-state index in [-0.39, 0.29) is 34.6 Å². The van der Waals surface area contributed by atoms with Crippen molar-refractivity contribution in [1.82, 2.24) is 0 Å². The number of carbonyl (C=O) groups excluding carboxylic acids is 3. The van der Waals surface area contributed by atoms with E-state index in [0.717, 1.165) is 24.8 Å². The van der Waals surface area contributed by atoms with Gasteiger partial charge in [-0.05, 0) is 102 Å². The second kappa shape index (κ2) is 10.2. The third-order valence-corrected chi connectivity index (χ3v) is 11.4. The van der Waals surface area contributed by atoms with Crippen LogP contribution in [0.15, 0.2) is 65.0 Å². The van der Waals surface area contributed by atoms with E-state index in [4.69, 9.17) is 4.74 Å². The third-order valence-electron chi connectivity index (χ3n) is 11.4. The Morgan fingerprint density at radius 1 is 0.929 bits per heavy atom. The Labute approximate surface area is 253 Å². The molecule has 3 aliphatic carbocycles. The van der Waals surface area contributed by atoms with Gasteiger partial charge in [-0.1, -0.05) is 81.3 Å². The first-order chi connectivity index (χ1) is 19.5. The van der Waals surface area contributed by atoms with E-state index in [1.54, 1.807) is 12.1 Å². The van der Waals surface area contributed by atoms with Crippen molar-refractivity contribution in [3.8, 4) is 0 Å². The molecule has 42 heavy (non-hydrogen) atoms. The van der Waals surface area contributed by atoms with Crippen molar-refractivity contribution in [1.29, 1.82) is 0 Å². The molecule has 5 rings (SSSR count). The van der Waals surface area contributed by atoms with Crippen LogP contribution in [0.5, 0.6) is 0 Å². The first kappa shape index (κ1) is 30.7. The van der Waals surface area contributed by atoms with E-state index in [1.165, 1.54) is 5.57 Å². The molecule has 1 spiro atoms. The first-order valence-electron chi connectivity index (χ1n) is 15.9. The Morgan fingerprint density at radius 2 is 1.57 bits per heavy atom. The predicted octanol–water partition coefficient (Wildman–Crippen LogP) is 9.01. The highest BCUT2D eigenvalue weighted by molar-refractivity contribution is 6.36. The maximum atomic E-state index is 15.4. The summed E-state index contributed by atoms with van der Waals surface area (Å²) in [7, 11) is 0. The van der Waals surface area contributed by atoms with Gasteiger partial charge in [-0.25, -0.2) is 0 Å². The van der Waals surface area contributed by atoms with Crippen molar-refractivity contribution in [3.63, 3.8) is 0 Å². The number of fused-ring (bicyclic) bond motifs is 2. The fourth-order valence-electron chi connectivity index (χ4n) is 9.06. The average molecular weight is 571 g/mol. The van der Waals surface area contributed by atoms with Crippen LogP contribution in [0.4, 0.5) is 0 Å². The number of benzene rings is 1. The molecule has 1 heterocycles. The van der Waals surface area contributed by atoms with Crippen LogP contribution in [0.25, 0.3) is 0 Å². The lowest BCUT2D eigenvalue weighted by molar-refractivity contribution is -0.195. The van der Waals surface area contributed by atoms with Crippen molar-refractivity contribution >= 4 is 17.3 Å². The molecule has 0 N–H and O–H groups in total. The maximum absolute atomic E-state index is 15.4. The smallest absolute Gasteiger partial charge is 0.184 e. The van der Waals surface area contributed by atoms with E-state index < -0.39 is 21.8 Å². The summed E-state index contributed by atoms with van der Waals surface area (Å²) >= 11 is 0. The van der Waals surface area contributed by atoms with Crippen LogP contribution >= 0.6 is 0 Å². The number of rotatable bonds is 6. The number of allylic oxidation sites excluding steroid dienone is 6. The second-order valence-electron chi connectivity index (χ2n) is 15.8. The van der Waals surface area contributed by atoms with Crippen LogP contribution in [0.3, 0.4) is 0 Å². The van der Waals surface area contributed by atoms with Crippen molar-refractivity contribution in [3.05, 3.63) is 70.5 Å². The number of ether oxygens (including phenoxy) is 1. The highest BCUT2D eigenvalue weighted by Crippen LogP contribution is 2.70. The Kier molecular flexibility index (Phi) is 7.43. The molecule has 1 aromatic rings. The quantitative estimate of drug-likeness (QED) is 0.194. The van der Waals surface area contributed by atoms with Gasteiger partial charge in [0.25, 0.3) is 0 Å². The van der Waals surface area contributed by atoms with Crippen LogP contribution < -0.4 is 0 Å². The number of hydrogen-bond acceptors (Lipinski definition) is 4. The van der Waals surface area contributed by atoms with E-state index in [1.807, 2.05) is 45.9 Å². The summed E-state index contributed by atoms with van der Waals surface area (Å²) in [4.78, 5) is 45.5. The molecular weight excluding hydrogens is 520 g/mol. The van der Waals surface area contributed by atoms with Gasteiger partial charge in [0.15, 0.2) is 22.8 Å². The fourth-order valence-corrected chi connectivity index (χ4v) is 9.06. The molecule has 1 aliphatic heterocycles. The van der Waals surface area contributed by atoms with Crippen LogP contribution in [0.1, 0.15) is 118 Å². The summed E-state index contributed by atoms with van der Waals surface area (Å²) < 4.78 is 7.13. The molecule has 1 aromatic carbocycles. The first-order valence-corrected chi connectivity index (χ1v) is 15.9. The minimum absolute atomic E-state index is 0.0466. The molecule has 2 saturated carbocycles. The summed E-state index contributed by atoms with van der Waals surface area (Å²) in [5.74, 6) is -0.179. The molecule has 1 saturated heterocycles. The largest absolute Gasteiger partial charge is 0.490 e. The summed E-state index contributed by atoms with van der Waals surface area (Å²) in [6.07, 6.45) is 9.52. The Morgan fingerprint density at radius 3 is 2.19 bits per heavy atom. The van der Waals surface area contributed by atoms with Gasteiger partial charge < -0.3 is 4.74 Å². The SMILES string of the molecule is CC(C)=CCC1=C2OC3(C)CC(C)(C)CCC3CC23CC(CC=C(C)C)C(C)(C)C(C(=O)c2ccccc2)(C1=O)C3=O. The van der Waals surface area contributed by atoms with E-state index in [0.29, 0.717) is 42.6 Å². The molecule has 0 amide bonds. The molecular formula is C38H50O4. The van der Waals surface area contributed by atoms with Crippen LogP contribution in [0.2, 0.25) is 0 Å². The van der Waals surface area contributed by atoms with Gasteiger partial charge in [0.2, 0.25) is 0 Å². The molecule has 0 radical (unpaired) electrons. The number of Topliss-reactive ketones (excluding diaryl/α,β-unsaturated/α-hetero) is 3. The minimum Gasteiger partial charge on any atom is -0.490 e. The molecule has 4 nitrogen and oxygen atoms in total. The Balaban J connectivity index is 1.82. The summed E-state index contributed by atoms with van der Waals surface area (Å²) in [5, 5.41) is 0. The van der Waals surface area contributed by atoms with Crippen LogP contribution in [0, 0.1) is 33.5 Å². The van der Waals surface area contributed by atoms with Crippen LogP contribution in [-0.2, 0) is 14.3 Å². The topological polar surface area (TPSA) is 60.4 Å². The van der Waals surface area contributed by atoms with Crippen LogP contribution in [-0.4, -0.2) is 23.0 Å². The summed E-state index contributed by atoms with van der Waals surface area (Å²) in [5.41, 5.74) is -0.749. The third kappa shape index (κ3) is 4.42. The zero-order chi connectivity index (χ0) is 30.9. The lowest BCUT2D eigenvalue weighted by atomic mass is 9.38. The molecule has 4 aliphatic rings. The van der Waals surface area contributed by atoms with Gasteiger partial charge in [0.1, 0.15) is 11.4 Å². The standard InChI is InChI=1S/C38H50O4/c1-24(2)15-17-27-21-37-22-28-19-20-34(5,6)23-36(28,9)42-32(37)29(18-16-25(3)4)31(40)38(33(37)41,35(27,7)8)30(39)26-13-11-10-12-14-26/h10-16,27-28H,17-23H2,1-9H3. The van der Waals surface area contributed by atoms with E-state index in [2.05, 4.69) is 46.8 Å². The lowest BCUT2D eigenvalue weighted by Crippen LogP contribution is -2.72. The summed E-state index contributed by atoms with van der Waals surface area (Å²) in [6, 6.07) is 9.01.